The summed E-state index contributed by atoms with van der Waals surface area (Å²) >= 11 is 6.16. The molecule has 0 radical (unpaired) electrons. The van der Waals surface area contributed by atoms with E-state index in [0.717, 1.165) is 31.0 Å². The predicted octanol–water partition coefficient (Wildman–Crippen LogP) is 4.28. The summed E-state index contributed by atoms with van der Waals surface area (Å²) in [7, 11) is 0. The maximum absolute atomic E-state index is 13.0. The Hall–Kier alpha value is -2.67. The molecule has 0 spiro atoms. The van der Waals surface area contributed by atoms with E-state index in [1.165, 1.54) is 5.56 Å². The molecule has 1 aliphatic rings. The van der Waals surface area contributed by atoms with E-state index in [4.69, 9.17) is 16.3 Å². The Morgan fingerprint density at radius 3 is 2.78 bits per heavy atom. The van der Waals surface area contributed by atoms with Crippen LogP contribution in [0.25, 0.3) is 5.69 Å². The minimum Gasteiger partial charge on any atom is -0.374 e. The fourth-order valence-corrected chi connectivity index (χ4v) is 4.28. The SMILES string of the molecule is CC(C)c1c(C(=O)NCC2CN(Cc3ccccc3)CCO2)cnn1-c1cccc(Cl)c1. The van der Waals surface area contributed by atoms with Crippen molar-refractivity contribution in [2.75, 3.05) is 26.2 Å². The largest absolute Gasteiger partial charge is 0.374 e. The summed E-state index contributed by atoms with van der Waals surface area (Å²) in [4.78, 5) is 15.4. The first kappa shape index (κ1) is 22.5. The van der Waals surface area contributed by atoms with Crippen LogP contribution in [0.4, 0.5) is 0 Å². The van der Waals surface area contributed by atoms with Crippen molar-refractivity contribution >= 4 is 17.5 Å². The highest BCUT2D eigenvalue weighted by atomic mass is 35.5. The number of aromatic nitrogens is 2. The molecule has 3 aromatic rings. The van der Waals surface area contributed by atoms with Crippen LogP contribution in [-0.2, 0) is 11.3 Å². The van der Waals surface area contributed by atoms with Gasteiger partial charge in [0.2, 0.25) is 0 Å². The Morgan fingerprint density at radius 2 is 2.03 bits per heavy atom. The molecule has 1 unspecified atom stereocenters. The first-order valence-electron chi connectivity index (χ1n) is 11.0. The highest BCUT2D eigenvalue weighted by molar-refractivity contribution is 6.30. The number of nitrogens with zero attached hydrogens (tertiary/aromatic N) is 3. The summed E-state index contributed by atoms with van der Waals surface area (Å²) in [6.45, 7) is 7.80. The molecule has 0 saturated carbocycles. The Labute approximate surface area is 194 Å². The van der Waals surface area contributed by atoms with Gasteiger partial charge in [-0.25, -0.2) is 4.68 Å². The molecule has 1 atom stereocenters. The van der Waals surface area contributed by atoms with E-state index >= 15 is 0 Å². The molecule has 1 aromatic heterocycles. The van der Waals surface area contributed by atoms with Gasteiger partial charge in [-0.05, 0) is 29.7 Å². The standard InChI is InChI=1S/C25H29ClN4O2/c1-18(2)24-23(15-28-30(24)21-10-6-9-20(26)13-21)25(31)27-14-22-17-29(11-12-32-22)16-19-7-4-3-5-8-19/h3-10,13,15,18,22H,11-12,14,16-17H2,1-2H3,(H,27,31). The number of hydrogen-bond donors (Lipinski definition) is 1. The normalized spacial score (nSPS) is 16.9. The Balaban J connectivity index is 1.41. The maximum Gasteiger partial charge on any atom is 0.254 e. The molecule has 1 saturated heterocycles. The predicted molar refractivity (Wildman–Crippen MR) is 126 cm³/mol. The molecule has 2 aromatic carbocycles. The molecule has 1 N–H and O–H groups in total. The van der Waals surface area contributed by atoms with E-state index in [1.54, 1.807) is 10.9 Å². The van der Waals surface area contributed by atoms with Crippen molar-refractivity contribution in [2.45, 2.75) is 32.4 Å². The third-order valence-corrected chi connectivity index (χ3v) is 5.85. The fraction of sp³-hybridized carbons (Fsp3) is 0.360. The molecule has 168 valence electrons. The summed E-state index contributed by atoms with van der Waals surface area (Å²) in [5.41, 5.74) is 3.57. The first-order valence-corrected chi connectivity index (χ1v) is 11.4. The lowest BCUT2D eigenvalue weighted by atomic mass is 10.0. The van der Waals surface area contributed by atoms with Crippen molar-refractivity contribution in [3.05, 3.63) is 82.6 Å². The molecule has 1 fully saturated rings. The molecule has 0 bridgehead atoms. The van der Waals surface area contributed by atoms with Crippen molar-refractivity contribution in [3.63, 3.8) is 0 Å². The molecule has 2 heterocycles. The zero-order valence-corrected chi connectivity index (χ0v) is 19.3. The van der Waals surface area contributed by atoms with Gasteiger partial charge in [0.15, 0.2) is 0 Å². The number of carbonyl (C=O) groups excluding carboxylic acids is 1. The van der Waals surface area contributed by atoms with Crippen LogP contribution < -0.4 is 5.32 Å². The van der Waals surface area contributed by atoms with Gasteiger partial charge in [-0.3, -0.25) is 9.69 Å². The second kappa shape index (κ2) is 10.3. The van der Waals surface area contributed by atoms with Crippen LogP contribution in [0.15, 0.2) is 60.8 Å². The van der Waals surface area contributed by atoms with E-state index in [0.29, 0.717) is 23.7 Å². The zero-order valence-electron chi connectivity index (χ0n) is 18.5. The minimum absolute atomic E-state index is 0.0399. The zero-order chi connectivity index (χ0) is 22.5. The number of morpholine rings is 1. The number of carbonyl (C=O) groups is 1. The van der Waals surface area contributed by atoms with Gasteiger partial charge in [0.25, 0.3) is 5.91 Å². The Bertz CT molecular complexity index is 1050. The smallest absolute Gasteiger partial charge is 0.254 e. The van der Waals surface area contributed by atoms with E-state index in [9.17, 15) is 4.79 Å². The quantitative estimate of drug-likeness (QED) is 0.581. The molecule has 0 aliphatic carbocycles. The summed E-state index contributed by atoms with van der Waals surface area (Å²) < 4.78 is 7.70. The molecule has 6 nitrogen and oxygen atoms in total. The van der Waals surface area contributed by atoms with Crippen LogP contribution in [-0.4, -0.2) is 52.9 Å². The van der Waals surface area contributed by atoms with Crippen LogP contribution in [0.2, 0.25) is 5.02 Å². The molecular formula is C25H29ClN4O2. The number of ether oxygens (including phenoxy) is 1. The van der Waals surface area contributed by atoms with Gasteiger partial charge in [0.05, 0.1) is 35.9 Å². The van der Waals surface area contributed by atoms with Gasteiger partial charge < -0.3 is 10.1 Å². The molecule has 1 aliphatic heterocycles. The summed E-state index contributed by atoms with van der Waals surface area (Å²) in [5.74, 6) is -0.0183. The number of hydrogen-bond acceptors (Lipinski definition) is 4. The Kier molecular flexibility index (Phi) is 7.25. The Morgan fingerprint density at radius 1 is 1.22 bits per heavy atom. The highest BCUT2D eigenvalue weighted by Gasteiger charge is 2.24. The van der Waals surface area contributed by atoms with Crippen molar-refractivity contribution in [3.8, 4) is 5.69 Å². The number of amides is 1. The lowest BCUT2D eigenvalue weighted by molar-refractivity contribution is -0.0292. The average molecular weight is 453 g/mol. The second-order valence-electron chi connectivity index (χ2n) is 8.41. The van der Waals surface area contributed by atoms with E-state index in [1.807, 2.05) is 30.3 Å². The van der Waals surface area contributed by atoms with Crippen molar-refractivity contribution in [2.24, 2.45) is 0 Å². The van der Waals surface area contributed by atoms with Gasteiger partial charge in [0, 0.05) is 31.2 Å². The molecule has 7 heteroatoms. The van der Waals surface area contributed by atoms with Crippen molar-refractivity contribution < 1.29 is 9.53 Å². The summed E-state index contributed by atoms with van der Waals surface area (Å²) in [6.07, 6.45) is 1.59. The van der Waals surface area contributed by atoms with Gasteiger partial charge >= 0.3 is 0 Å². The summed E-state index contributed by atoms with van der Waals surface area (Å²) in [5, 5.41) is 8.17. The minimum atomic E-state index is -0.134. The number of rotatable bonds is 7. The van der Waals surface area contributed by atoms with Gasteiger partial charge in [-0.2, -0.15) is 5.10 Å². The third-order valence-electron chi connectivity index (χ3n) is 5.61. The average Bonchev–Trinajstić information content (AvgIpc) is 3.24. The number of benzene rings is 2. The lowest BCUT2D eigenvalue weighted by Crippen LogP contribution is -2.47. The van der Waals surface area contributed by atoms with E-state index in [-0.39, 0.29) is 17.9 Å². The van der Waals surface area contributed by atoms with Crippen LogP contribution >= 0.6 is 11.6 Å². The van der Waals surface area contributed by atoms with Crippen molar-refractivity contribution in [1.29, 1.82) is 0 Å². The highest BCUT2D eigenvalue weighted by Crippen LogP contribution is 2.24. The maximum atomic E-state index is 13.0. The lowest BCUT2D eigenvalue weighted by Gasteiger charge is -2.33. The fourth-order valence-electron chi connectivity index (χ4n) is 4.09. The van der Waals surface area contributed by atoms with Crippen molar-refractivity contribution in [1.82, 2.24) is 20.0 Å². The monoisotopic (exact) mass is 452 g/mol. The third kappa shape index (κ3) is 5.38. The van der Waals surface area contributed by atoms with Crippen LogP contribution in [0, 0.1) is 0 Å². The molecule has 32 heavy (non-hydrogen) atoms. The van der Waals surface area contributed by atoms with Crippen LogP contribution in [0.5, 0.6) is 0 Å². The molecule has 4 rings (SSSR count). The summed E-state index contributed by atoms with van der Waals surface area (Å²) in [6, 6.07) is 17.9. The second-order valence-corrected chi connectivity index (χ2v) is 8.85. The molecule has 1 amide bonds. The van der Waals surface area contributed by atoms with Gasteiger partial charge in [-0.1, -0.05) is 61.8 Å². The van der Waals surface area contributed by atoms with Gasteiger partial charge in [0.1, 0.15) is 0 Å². The first-order chi connectivity index (χ1) is 15.5. The van der Waals surface area contributed by atoms with Crippen LogP contribution in [0.1, 0.15) is 41.4 Å². The van der Waals surface area contributed by atoms with E-state index in [2.05, 4.69) is 53.4 Å². The van der Waals surface area contributed by atoms with Gasteiger partial charge in [-0.15, -0.1) is 0 Å². The number of nitrogens with one attached hydrogen (secondary N) is 1. The van der Waals surface area contributed by atoms with E-state index < -0.39 is 0 Å². The van der Waals surface area contributed by atoms with Crippen LogP contribution in [0.3, 0.4) is 0 Å². The number of halogens is 1. The molecular weight excluding hydrogens is 424 g/mol. The topological polar surface area (TPSA) is 59.4 Å².